The van der Waals surface area contributed by atoms with Gasteiger partial charge in [0.25, 0.3) is 11.2 Å². The summed E-state index contributed by atoms with van der Waals surface area (Å²) < 4.78 is 23.2. The van der Waals surface area contributed by atoms with Crippen LogP contribution >= 0.6 is 0 Å². The molecule has 0 fully saturated rings. The lowest BCUT2D eigenvalue weighted by molar-refractivity contribution is -0.384. The summed E-state index contributed by atoms with van der Waals surface area (Å²) in [7, 11) is 1.54. The molecule has 0 aliphatic rings. The molecule has 12 nitrogen and oxygen atoms in total. The zero-order valence-corrected chi connectivity index (χ0v) is 22.3. The van der Waals surface area contributed by atoms with Gasteiger partial charge in [-0.3, -0.25) is 14.9 Å². The van der Waals surface area contributed by atoms with Crippen LogP contribution in [-0.2, 0) is 9.53 Å². The van der Waals surface area contributed by atoms with E-state index in [-0.39, 0.29) is 35.2 Å². The van der Waals surface area contributed by atoms with Gasteiger partial charge in [0, 0.05) is 17.7 Å². The van der Waals surface area contributed by atoms with E-state index in [0.29, 0.717) is 27.6 Å². The van der Waals surface area contributed by atoms with Crippen molar-refractivity contribution in [1.29, 1.82) is 0 Å². The first-order chi connectivity index (χ1) is 19.8. The van der Waals surface area contributed by atoms with Crippen molar-refractivity contribution in [3.05, 3.63) is 92.8 Å². The Hall–Kier alpha value is -5.52. The topological polar surface area (TPSA) is 148 Å². The summed E-state index contributed by atoms with van der Waals surface area (Å²) in [6, 6.07) is 17.6. The van der Waals surface area contributed by atoms with E-state index < -0.39 is 22.6 Å². The number of esters is 1. The largest absolute Gasteiger partial charge is 0.496 e. The fraction of sp³-hybridized carbons (Fsp3) is 0.172. The smallest absolute Gasteiger partial charge is 0.347 e. The third-order valence-electron chi connectivity index (χ3n) is 6.15. The van der Waals surface area contributed by atoms with Crippen LogP contribution in [0.2, 0.25) is 0 Å². The predicted octanol–water partition coefficient (Wildman–Crippen LogP) is 4.94. The molecule has 0 aliphatic carbocycles. The first kappa shape index (κ1) is 27.1. The highest BCUT2D eigenvalue weighted by Gasteiger charge is 2.21. The summed E-state index contributed by atoms with van der Waals surface area (Å²) in [6.45, 7) is 3.32. The number of aromatic nitrogens is 2. The van der Waals surface area contributed by atoms with Crippen LogP contribution in [0.1, 0.15) is 19.4 Å². The van der Waals surface area contributed by atoms with Gasteiger partial charge in [-0.15, -0.1) is 0 Å². The van der Waals surface area contributed by atoms with Gasteiger partial charge in [0.2, 0.25) is 5.82 Å². The quantitative estimate of drug-likeness (QED) is 0.106. The van der Waals surface area contributed by atoms with Gasteiger partial charge >= 0.3 is 5.97 Å². The first-order valence-electron chi connectivity index (χ1n) is 12.6. The molecule has 41 heavy (non-hydrogen) atoms. The molecule has 3 aromatic carbocycles. The Labute approximate surface area is 232 Å². The van der Waals surface area contributed by atoms with Crippen LogP contribution in [0.4, 0.5) is 5.69 Å². The number of furan rings is 1. The second-order valence-electron chi connectivity index (χ2n) is 8.79. The zero-order valence-electron chi connectivity index (χ0n) is 22.3. The molecule has 0 bridgehead atoms. The number of fused-ring (bicyclic) bond motifs is 2. The van der Waals surface area contributed by atoms with E-state index in [1.54, 1.807) is 55.5 Å². The highest BCUT2D eigenvalue weighted by molar-refractivity contribution is 5.89. The number of carbonyl (C=O) groups excluding carboxylic acids is 1. The highest BCUT2D eigenvalue weighted by atomic mass is 16.6. The Kier molecular flexibility index (Phi) is 7.46. The van der Waals surface area contributed by atoms with Crippen LogP contribution in [-0.4, -0.2) is 46.6 Å². The lowest BCUT2D eigenvalue weighted by Gasteiger charge is -2.15. The van der Waals surface area contributed by atoms with E-state index >= 15 is 0 Å². The van der Waals surface area contributed by atoms with E-state index in [1.807, 2.05) is 0 Å². The minimum absolute atomic E-state index is 0.0935. The fourth-order valence-electron chi connectivity index (χ4n) is 4.19. The molecule has 5 aromatic rings. The first-order valence-corrected chi connectivity index (χ1v) is 12.6. The van der Waals surface area contributed by atoms with Crippen molar-refractivity contribution >= 4 is 39.7 Å². The lowest BCUT2D eigenvalue weighted by Crippen LogP contribution is -2.26. The molecule has 0 N–H and O–H groups in total. The van der Waals surface area contributed by atoms with Gasteiger partial charge in [-0.05, 0) is 50.2 Å². The van der Waals surface area contributed by atoms with Crippen LogP contribution in [0.15, 0.2) is 81.0 Å². The molecule has 0 amide bonds. The van der Waals surface area contributed by atoms with E-state index in [9.17, 15) is 19.7 Å². The van der Waals surface area contributed by atoms with E-state index in [4.69, 9.17) is 18.6 Å². The number of hydrogen-bond donors (Lipinski definition) is 0. The SMILES string of the molecule is CCOC(=O)[C@H](C)Oc1ccc([N+](=O)[O-])cc1C=Nn1c(-c2cc3c(OC)cccc3o2)nc2ccccc2c1=O. The molecule has 12 heteroatoms. The number of benzene rings is 3. The number of carbonyl (C=O) groups is 1. The van der Waals surface area contributed by atoms with Crippen molar-refractivity contribution in [2.24, 2.45) is 5.10 Å². The van der Waals surface area contributed by atoms with Gasteiger partial charge in [-0.25, -0.2) is 9.78 Å². The van der Waals surface area contributed by atoms with Gasteiger partial charge in [0.15, 0.2) is 11.9 Å². The molecule has 0 aliphatic heterocycles. The van der Waals surface area contributed by atoms with Gasteiger partial charge in [-0.1, -0.05) is 18.2 Å². The molecule has 0 radical (unpaired) electrons. The molecular weight excluding hydrogens is 532 g/mol. The number of nitro groups is 1. The summed E-state index contributed by atoms with van der Waals surface area (Å²) >= 11 is 0. The number of hydrogen-bond acceptors (Lipinski definition) is 10. The van der Waals surface area contributed by atoms with Crippen LogP contribution in [0.3, 0.4) is 0 Å². The van der Waals surface area contributed by atoms with Crippen LogP contribution < -0.4 is 15.0 Å². The van der Waals surface area contributed by atoms with Crippen LogP contribution in [0, 0.1) is 10.1 Å². The number of rotatable bonds is 9. The summed E-state index contributed by atoms with van der Waals surface area (Å²) in [5.41, 5.74) is 0.347. The Morgan fingerprint density at radius 2 is 1.93 bits per heavy atom. The van der Waals surface area contributed by atoms with Crippen molar-refractivity contribution in [1.82, 2.24) is 9.66 Å². The van der Waals surface area contributed by atoms with Crippen molar-refractivity contribution in [2.75, 3.05) is 13.7 Å². The molecule has 0 spiro atoms. The monoisotopic (exact) mass is 556 g/mol. The Bertz CT molecular complexity index is 1870. The maximum atomic E-state index is 13.6. The normalized spacial score (nSPS) is 12.1. The summed E-state index contributed by atoms with van der Waals surface area (Å²) in [5, 5.41) is 16.8. The zero-order chi connectivity index (χ0) is 29.1. The number of nitrogens with zero attached hydrogens (tertiary/aromatic N) is 4. The van der Waals surface area contributed by atoms with Crippen molar-refractivity contribution in [3.8, 4) is 23.1 Å². The second kappa shape index (κ2) is 11.3. The molecule has 2 heterocycles. The average molecular weight is 557 g/mol. The molecule has 0 saturated heterocycles. The van der Waals surface area contributed by atoms with Crippen molar-refractivity contribution < 1.29 is 28.3 Å². The molecule has 5 rings (SSSR count). The van der Waals surface area contributed by atoms with Crippen LogP contribution in [0.5, 0.6) is 11.5 Å². The highest BCUT2D eigenvalue weighted by Crippen LogP contribution is 2.33. The molecular formula is C29H24N4O8. The average Bonchev–Trinajstić information content (AvgIpc) is 3.41. The summed E-state index contributed by atoms with van der Waals surface area (Å²) in [5.74, 6) is 0.430. The van der Waals surface area contributed by atoms with E-state index in [1.165, 1.54) is 38.4 Å². The second-order valence-corrected chi connectivity index (χ2v) is 8.79. The van der Waals surface area contributed by atoms with Gasteiger partial charge in [0.05, 0.1) is 41.1 Å². The Morgan fingerprint density at radius 3 is 2.68 bits per heavy atom. The molecule has 0 saturated carbocycles. The third-order valence-corrected chi connectivity index (χ3v) is 6.15. The molecule has 208 valence electrons. The number of para-hydroxylation sites is 1. The van der Waals surface area contributed by atoms with Gasteiger partial charge in [0.1, 0.15) is 17.1 Å². The molecule has 2 aromatic heterocycles. The standard InChI is InChI=1S/C29H24N4O8/c1-4-39-29(35)17(2)40-23-13-12-19(33(36)37)14-18(23)16-30-32-27(31-22-9-6-5-8-20(22)28(32)34)26-15-21-24(38-3)10-7-11-25(21)41-26/h5-17H,4H2,1-3H3/t17-/m0/s1. The third kappa shape index (κ3) is 5.35. The Balaban J connectivity index is 1.67. The maximum absolute atomic E-state index is 13.6. The maximum Gasteiger partial charge on any atom is 0.347 e. The number of non-ortho nitro benzene ring substituents is 1. The minimum Gasteiger partial charge on any atom is -0.496 e. The summed E-state index contributed by atoms with van der Waals surface area (Å²) in [6.07, 6.45) is 0.222. The van der Waals surface area contributed by atoms with E-state index in [2.05, 4.69) is 10.1 Å². The number of nitro benzene ring substituents is 1. The minimum atomic E-state index is -1.00. The van der Waals surface area contributed by atoms with Gasteiger partial charge < -0.3 is 18.6 Å². The number of ether oxygens (including phenoxy) is 3. The van der Waals surface area contributed by atoms with Gasteiger partial charge in [-0.2, -0.15) is 9.78 Å². The number of methoxy groups -OCH3 is 1. The lowest BCUT2D eigenvalue weighted by atomic mass is 10.2. The van der Waals surface area contributed by atoms with Crippen molar-refractivity contribution in [2.45, 2.75) is 20.0 Å². The van der Waals surface area contributed by atoms with Crippen molar-refractivity contribution in [3.63, 3.8) is 0 Å². The predicted molar refractivity (Wildman–Crippen MR) is 151 cm³/mol. The van der Waals surface area contributed by atoms with E-state index in [0.717, 1.165) is 4.68 Å². The molecule has 1 atom stereocenters. The Morgan fingerprint density at radius 1 is 1.12 bits per heavy atom. The molecule has 0 unspecified atom stereocenters. The van der Waals surface area contributed by atoms with Crippen LogP contribution in [0.25, 0.3) is 33.5 Å². The summed E-state index contributed by atoms with van der Waals surface area (Å²) in [4.78, 5) is 41.3. The fourth-order valence-corrected chi connectivity index (χ4v) is 4.19.